The fraction of sp³-hybridized carbons (Fsp3) is 0.0909. The topological polar surface area (TPSA) is 49.4 Å². The van der Waals surface area contributed by atoms with E-state index in [-0.39, 0.29) is 24.2 Å². The van der Waals surface area contributed by atoms with E-state index in [9.17, 15) is 14.0 Å². The number of hydrogen-bond acceptors (Lipinski definition) is 2. The van der Waals surface area contributed by atoms with Crippen LogP contribution in [-0.2, 0) is 4.79 Å². The average Bonchev–Trinajstić information content (AvgIpc) is 2.84. The van der Waals surface area contributed by atoms with Crippen LogP contribution in [-0.4, -0.2) is 23.3 Å². The van der Waals surface area contributed by atoms with Crippen LogP contribution in [0.5, 0.6) is 0 Å². The minimum absolute atomic E-state index is 0.130. The minimum Gasteiger partial charge on any atom is -0.324 e. The summed E-state index contributed by atoms with van der Waals surface area (Å²) in [5.41, 5.74) is 2.53. The highest BCUT2D eigenvalue weighted by Gasteiger charge is 2.34. The van der Waals surface area contributed by atoms with Crippen molar-refractivity contribution in [3.63, 3.8) is 0 Å². The summed E-state index contributed by atoms with van der Waals surface area (Å²) in [5.74, 6) is -0.955. The Hall–Kier alpha value is -2.51. The molecule has 2 amide bonds. The van der Waals surface area contributed by atoms with Crippen molar-refractivity contribution in [3.8, 4) is 0 Å². The number of carbonyl (C=O) groups is 2. The minimum atomic E-state index is -0.568. The lowest BCUT2D eigenvalue weighted by Crippen LogP contribution is -2.39. The lowest BCUT2D eigenvalue weighted by atomic mass is 9.95. The van der Waals surface area contributed by atoms with Gasteiger partial charge in [-0.3, -0.25) is 9.59 Å². The largest absolute Gasteiger partial charge is 0.324 e. The van der Waals surface area contributed by atoms with Crippen molar-refractivity contribution in [2.24, 2.45) is 0 Å². The number of anilines is 1. The second-order valence-corrected chi connectivity index (χ2v) is 8.42. The molecule has 0 fully saturated rings. The van der Waals surface area contributed by atoms with Crippen molar-refractivity contribution in [1.82, 2.24) is 4.90 Å². The quantitative estimate of drug-likeness (QED) is 0.485. The van der Waals surface area contributed by atoms with Crippen molar-refractivity contribution >= 4 is 49.4 Å². The number of carbonyl (C=O) groups excluding carboxylic acids is 2. The Morgan fingerprint density at radius 1 is 1.03 bits per heavy atom. The molecule has 0 unspecified atom stereocenters. The van der Waals surface area contributed by atoms with Gasteiger partial charge < -0.3 is 10.2 Å². The van der Waals surface area contributed by atoms with Gasteiger partial charge in [0.2, 0.25) is 5.91 Å². The molecule has 3 aromatic carbocycles. The summed E-state index contributed by atoms with van der Waals surface area (Å²) in [4.78, 5) is 27.6. The predicted octanol–water partition coefficient (Wildman–Crippen LogP) is 5.53. The van der Waals surface area contributed by atoms with Crippen LogP contribution >= 0.6 is 31.9 Å². The molecular formula is C22H15Br2FN2O2. The lowest BCUT2D eigenvalue weighted by Gasteiger charge is -2.31. The Balaban J connectivity index is 1.91. The molecule has 4 rings (SSSR count). The van der Waals surface area contributed by atoms with Crippen molar-refractivity contribution in [1.29, 1.82) is 0 Å². The maximum Gasteiger partial charge on any atom is 0.256 e. The highest BCUT2D eigenvalue weighted by molar-refractivity contribution is 9.10. The molecule has 0 aromatic heterocycles. The van der Waals surface area contributed by atoms with E-state index in [1.807, 2.05) is 18.2 Å². The van der Waals surface area contributed by atoms with Crippen LogP contribution in [0.2, 0.25) is 0 Å². The van der Waals surface area contributed by atoms with E-state index in [0.29, 0.717) is 21.3 Å². The zero-order valence-electron chi connectivity index (χ0n) is 15.0. The third kappa shape index (κ3) is 3.97. The van der Waals surface area contributed by atoms with Crippen LogP contribution in [0.1, 0.15) is 27.5 Å². The fourth-order valence-electron chi connectivity index (χ4n) is 3.46. The van der Waals surface area contributed by atoms with Gasteiger partial charge >= 0.3 is 0 Å². The first-order chi connectivity index (χ1) is 13.9. The zero-order chi connectivity index (χ0) is 20.5. The average molecular weight is 518 g/mol. The predicted molar refractivity (Wildman–Crippen MR) is 116 cm³/mol. The van der Waals surface area contributed by atoms with Gasteiger partial charge in [0.15, 0.2) is 0 Å². The molecule has 1 aliphatic heterocycles. The van der Waals surface area contributed by atoms with E-state index in [1.54, 1.807) is 36.4 Å². The molecular weight excluding hydrogens is 503 g/mol. The number of amides is 2. The Kier molecular flexibility index (Phi) is 5.52. The summed E-state index contributed by atoms with van der Waals surface area (Å²) < 4.78 is 15.0. The Morgan fingerprint density at radius 3 is 2.48 bits per heavy atom. The van der Waals surface area contributed by atoms with Gasteiger partial charge in [-0.25, -0.2) is 4.39 Å². The summed E-state index contributed by atoms with van der Waals surface area (Å²) in [6.45, 7) is -0.130. The van der Waals surface area contributed by atoms with Gasteiger partial charge in [-0.15, -0.1) is 0 Å². The van der Waals surface area contributed by atoms with Crippen LogP contribution in [0.3, 0.4) is 0 Å². The van der Waals surface area contributed by atoms with Crippen LogP contribution in [0.4, 0.5) is 10.1 Å². The van der Waals surface area contributed by atoms with Gasteiger partial charge in [0.1, 0.15) is 12.4 Å². The molecule has 3 aromatic rings. The Morgan fingerprint density at radius 2 is 1.76 bits per heavy atom. The van der Waals surface area contributed by atoms with Crippen molar-refractivity contribution in [3.05, 3.63) is 98.2 Å². The summed E-state index contributed by atoms with van der Waals surface area (Å²) in [6, 6.07) is 18.0. The number of fused-ring (bicyclic) bond motifs is 1. The second-order valence-electron chi connectivity index (χ2n) is 6.65. The first-order valence-electron chi connectivity index (χ1n) is 8.84. The monoisotopic (exact) mass is 516 g/mol. The summed E-state index contributed by atoms with van der Waals surface area (Å²) in [6.07, 6.45) is 0. The van der Waals surface area contributed by atoms with E-state index < -0.39 is 6.04 Å². The smallest absolute Gasteiger partial charge is 0.256 e. The van der Waals surface area contributed by atoms with E-state index in [4.69, 9.17) is 0 Å². The highest BCUT2D eigenvalue weighted by Crippen LogP contribution is 2.38. The first kappa shape index (κ1) is 19.8. The molecule has 1 aliphatic rings. The number of rotatable bonds is 2. The van der Waals surface area contributed by atoms with Crippen LogP contribution in [0.15, 0.2) is 75.7 Å². The number of hydrogen-bond donors (Lipinski definition) is 1. The summed E-state index contributed by atoms with van der Waals surface area (Å²) in [5, 5.41) is 2.87. The maximum atomic E-state index is 13.6. The molecule has 4 nitrogen and oxygen atoms in total. The number of benzene rings is 3. The van der Waals surface area contributed by atoms with Crippen LogP contribution in [0.25, 0.3) is 0 Å². The van der Waals surface area contributed by atoms with E-state index in [0.717, 1.165) is 10.0 Å². The zero-order valence-corrected chi connectivity index (χ0v) is 18.2. The molecule has 7 heteroatoms. The maximum absolute atomic E-state index is 13.6. The molecule has 0 saturated heterocycles. The Bertz CT molecular complexity index is 1100. The highest BCUT2D eigenvalue weighted by atomic mass is 79.9. The SMILES string of the molecule is O=C1CN(C(=O)c2ccccc2Br)[C@H](c2ccc(F)cc2)c2cc(Br)ccc2N1. The van der Waals surface area contributed by atoms with Gasteiger partial charge in [-0.2, -0.15) is 0 Å². The molecule has 146 valence electrons. The lowest BCUT2D eigenvalue weighted by molar-refractivity contribution is -0.117. The second kappa shape index (κ2) is 8.08. The van der Waals surface area contributed by atoms with Gasteiger partial charge in [0, 0.05) is 20.2 Å². The van der Waals surface area contributed by atoms with E-state index >= 15 is 0 Å². The van der Waals surface area contributed by atoms with Gasteiger partial charge in [0.05, 0.1) is 11.6 Å². The molecule has 1 N–H and O–H groups in total. The van der Waals surface area contributed by atoms with E-state index in [1.165, 1.54) is 17.0 Å². The van der Waals surface area contributed by atoms with Gasteiger partial charge in [-0.05, 0) is 64.0 Å². The third-order valence-corrected chi connectivity index (χ3v) is 5.94. The standard InChI is InChI=1S/C22H15Br2FN2O2/c23-14-7-10-19-17(11-14)21(13-5-8-15(25)9-6-13)27(12-20(28)26-19)22(29)16-3-1-2-4-18(16)24/h1-11,21H,12H2,(H,26,28)/t21-/m1/s1. The summed E-state index contributed by atoms with van der Waals surface area (Å²) in [7, 11) is 0. The fourth-order valence-corrected chi connectivity index (χ4v) is 4.29. The van der Waals surface area contributed by atoms with Gasteiger partial charge in [-0.1, -0.05) is 40.2 Å². The molecule has 0 saturated carbocycles. The normalized spacial score (nSPS) is 16.0. The molecule has 0 bridgehead atoms. The molecule has 29 heavy (non-hydrogen) atoms. The van der Waals surface area contributed by atoms with Crippen LogP contribution in [0, 0.1) is 5.82 Å². The number of halogens is 3. The molecule has 1 atom stereocenters. The van der Waals surface area contributed by atoms with Crippen molar-refractivity contribution in [2.45, 2.75) is 6.04 Å². The molecule has 0 aliphatic carbocycles. The molecule has 0 radical (unpaired) electrons. The third-order valence-electron chi connectivity index (χ3n) is 4.76. The number of nitrogens with one attached hydrogen (secondary N) is 1. The molecule has 1 heterocycles. The summed E-state index contributed by atoms with van der Waals surface area (Å²) >= 11 is 6.89. The van der Waals surface area contributed by atoms with E-state index in [2.05, 4.69) is 37.2 Å². The Labute approximate surface area is 184 Å². The van der Waals surface area contributed by atoms with Gasteiger partial charge in [0.25, 0.3) is 5.91 Å². The van der Waals surface area contributed by atoms with Crippen LogP contribution < -0.4 is 5.32 Å². The van der Waals surface area contributed by atoms with Crippen molar-refractivity contribution in [2.75, 3.05) is 11.9 Å². The first-order valence-corrected chi connectivity index (χ1v) is 10.4. The number of nitrogens with zero attached hydrogens (tertiary/aromatic N) is 1. The van der Waals surface area contributed by atoms with Crippen molar-refractivity contribution < 1.29 is 14.0 Å². The molecule has 0 spiro atoms.